The molecule has 0 bridgehead atoms. The summed E-state index contributed by atoms with van der Waals surface area (Å²) in [6.45, 7) is -0.680. The summed E-state index contributed by atoms with van der Waals surface area (Å²) < 4.78 is 24.8. The fraction of sp³-hybridized carbons (Fsp3) is 0.750. The first kappa shape index (κ1) is 11.2. The Balaban J connectivity index is 3.64. The van der Waals surface area contributed by atoms with Crippen molar-refractivity contribution in [3.8, 4) is 0 Å². The zero-order valence-electron chi connectivity index (χ0n) is 4.99. The van der Waals surface area contributed by atoms with E-state index in [2.05, 4.69) is 4.74 Å². The van der Waals surface area contributed by atoms with E-state index in [4.69, 9.17) is 34.8 Å². The van der Waals surface area contributed by atoms with Gasteiger partial charge in [0.25, 0.3) is 0 Å². The van der Waals surface area contributed by atoms with Crippen LogP contribution in [0, 0.1) is 0 Å². The number of alkyl halides is 5. The van der Waals surface area contributed by atoms with Crippen LogP contribution in [-0.4, -0.2) is 22.8 Å². The van der Waals surface area contributed by atoms with Gasteiger partial charge in [-0.25, -0.2) is 4.79 Å². The minimum absolute atomic E-state index is 0.680. The van der Waals surface area contributed by atoms with Crippen LogP contribution < -0.4 is 0 Å². The Morgan fingerprint density at radius 2 is 1.91 bits per heavy atom. The van der Waals surface area contributed by atoms with Gasteiger partial charge < -0.3 is 4.74 Å². The molecule has 11 heavy (non-hydrogen) atoms. The number of ether oxygens (including phenoxy) is 1. The highest BCUT2D eigenvalue weighted by molar-refractivity contribution is 6.67. The Morgan fingerprint density at radius 1 is 1.45 bits per heavy atom. The number of hydrogen-bond acceptors (Lipinski definition) is 2. The molecule has 0 atom stereocenters. The molecule has 0 spiro atoms. The number of halogens is 5. The summed E-state index contributed by atoms with van der Waals surface area (Å²) in [5.41, 5.74) is 0. The molecule has 66 valence electrons. The third-order valence-corrected chi connectivity index (χ3v) is 0.884. The SMILES string of the molecule is O=C(OCC(Cl)(Cl)Cl)C(F)F. The van der Waals surface area contributed by atoms with Gasteiger partial charge in [-0.2, -0.15) is 8.78 Å². The summed E-state index contributed by atoms with van der Waals surface area (Å²) >= 11 is 15.3. The lowest BCUT2D eigenvalue weighted by Gasteiger charge is -2.10. The van der Waals surface area contributed by atoms with Crippen molar-refractivity contribution in [3.05, 3.63) is 0 Å². The van der Waals surface area contributed by atoms with E-state index in [0.29, 0.717) is 0 Å². The van der Waals surface area contributed by atoms with Gasteiger partial charge in [0, 0.05) is 0 Å². The van der Waals surface area contributed by atoms with E-state index in [1.807, 2.05) is 0 Å². The zero-order chi connectivity index (χ0) is 9.07. The van der Waals surface area contributed by atoms with E-state index in [9.17, 15) is 13.6 Å². The molecule has 7 heteroatoms. The van der Waals surface area contributed by atoms with E-state index < -0.39 is 22.8 Å². The van der Waals surface area contributed by atoms with E-state index >= 15 is 0 Å². The molecule has 0 radical (unpaired) electrons. The third-order valence-electron chi connectivity index (χ3n) is 0.556. The molecule has 0 aliphatic heterocycles. The van der Waals surface area contributed by atoms with Gasteiger partial charge in [0.15, 0.2) is 0 Å². The number of carbonyl (C=O) groups is 1. The molecule has 0 fully saturated rings. The molecule has 0 amide bonds. The van der Waals surface area contributed by atoms with Crippen LogP contribution in [0.2, 0.25) is 0 Å². The van der Waals surface area contributed by atoms with Gasteiger partial charge in [0.05, 0.1) is 0 Å². The topological polar surface area (TPSA) is 26.3 Å². The second-order valence-corrected chi connectivity index (χ2v) is 4.04. The maximum atomic E-state index is 11.4. The molecule has 2 nitrogen and oxygen atoms in total. The maximum absolute atomic E-state index is 11.4. The van der Waals surface area contributed by atoms with Gasteiger partial charge in [-0.1, -0.05) is 34.8 Å². The Kier molecular flexibility index (Phi) is 4.36. The predicted molar refractivity (Wildman–Crippen MR) is 37.3 cm³/mol. The Morgan fingerprint density at radius 3 is 2.18 bits per heavy atom. The van der Waals surface area contributed by atoms with Crippen molar-refractivity contribution in [2.75, 3.05) is 6.61 Å². The summed E-state index contributed by atoms with van der Waals surface area (Å²) in [6, 6.07) is 0. The van der Waals surface area contributed by atoms with Crippen molar-refractivity contribution in [1.29, 1.82) is 0 Å². The second-order valence-electron chi connectivity index (χ2n) is 1.52. The van der Waals surface area contributed by atoms with Crippen molar-refractivity contribution in [2.24, 2.45) is 0 Å². The average Bonchev–Trinajstić information content (AvgIpc) is 1.80. The van der Waals surface area contributed by atoms with Crippen molar-refractivity contribution in [2.45, 2.75) is 10.2 Å². The monoisotopic (exact) mass is 226 g/mol. The van der Waals surface area contributed by atoms with Crippen LogP contribution in [0.15, 0.2) is 0 Å². The van der Waals surface area contributed by atoms with Crippen molar-refractivity contribution >= 4 is 40.8 Å². The summed E-state index contributed by atoms with van der Waals surface area (Å²) in [5.74, 6) is -1.70. The second kappa shape index (κ2) is 4.28. The highest BCUT2D eigenvalue weighted by Gasteiger charge is 2.25. The first-order valence-corrected chi connectivity index (χ1v) is 3.48. The quantitative estimate of drug-likeness (QED) is 0.534. The van der Waals surface area contributed by atoms with Crippen LogP contribution in [0.1, 0.15) is 0 Å². The molecule has 0 N–H and O–H groups in total. The third kappa shape index (κ3) is 6.59. The summed E-state index contributed by atoms with van der Waals surface area (Å²) in [5, 5.41) is 0. The number of esters is 1. The Hall–Kier alpha value is 0.200. The smallest absolute Gasteiger partial charge is 0.373 e. The Labute approximate surface area is 76.4 Å². The first-order chi connectivity index (χ1) is 4.83. The van der Waals surface area contributed by atoms with Crippen molar-refractivity contribution in [3.63, 3.8) is 0 Å². The van der Waals surface area contributed by atoms with Gasteiger partial charge >= 0.3 is 12.4 Å². The molecule has 0 unspecified atom stereocenters. The highest BCUT2D eigenvalue weighted by Crippen LogP contribution is 2.26. The maximum Gasteiger partial charge on any atom is 0.373 e. The number of rotatable bonds is 2. The fourth-order valence-corrected chi connectivity index (χ4v) is 0.380. The normalized spacial score (nSPS) is 11.8. The molecule has 0 heterocycles. The van der Waals surface area contributed by atoms with Gasteiger partial charge in [-0.3, -0.25) is 0 Å². The molecular formula is C4H3Cl3F2O2. The molecule has 0 saturated heterocycles. The van der Waals surface area contributed by atoms with Crippen LogP contribution in [0.5, 0.6) is 0 Å². The van der Waals surface area contributed by atoms with Crippen LogP contribution in [0.3, 0.4) is 0 Å². The van der Waals surface area contributed by atoms with Crippen LogP contribution in [0.25, 0.3) is 0 Å². The predicted octanol–water partition coefficient (Wildman–Crippen LogP) is 2.16. The molecule has 0 aromatic heterocycles. The minimum atomic E-state index is -3.19. The highest BCUT2D eigenvalue weighted by atomic mass is 35.6. The number of carbonyl (C=O) groups excluding carboxylic acids is 1. The number of hydrogen-bond donors (Lipinski definition) is 0. The van der Waals surface area contributed by atoms with Gasteiger partial charge in [-0.05, 0) is 0 Å². The lowest BCUT2D eigenvalue weighted by atomic mass is 10.7. The van der Waals surface area contributed by atoms with E-state index in [-0.39, 0.29) is 0 Å². The summed E-state index contributed by atoms with van der Waals surface area (Å²) in [4.78, 5) is 10.0. The molecule has 0 aromatic rings. The lowest BCUT2D eigenvalue weighted by Crippen LogP contribution is -2.21. The summed E-state index contributed by atoms with van der Waals surface area (Å²) in [7, 11) is 0. The van der Waals surface area contributed by atoms with Crippen molar-refractivity contribution < 1.29 is 18.3 Å². The van der Waals surface area contributed by atoms with Crippen LogP contribution >= 0.6 is 34.8 Å². The molecule has 0 aliphatic carbocycles. The Bertz CT molecular complexity index is 145. The lowest BCUT2D eigenvalue weighted by molar-refractivity contribution is -0.156. The van der Waals surface area contributed by atoms with E-state index in [1.54, 1.807) is 0 Å². The van der Waals surface area contributed by atoms with Crippen molar-refractivity contribution in [1.82, 2.24) is 0 Å². The molecule has 0 aromatic carbocycles. The largest absolute Gasteiger partial charge is 0.457 e. The fourth-order valence-electron chi connectivity index (χ4n) is 0.216. The average molecular weight is 227 g/mol. The molecule has 0 rings (SSSR count). The standard InChI is InChI=1S/C4H3Cl3F2O2/c5-4(6,7)1-11-3(10)2(8)9/h2H,1H2. The van der Waals surface area contributed by atoms with Gasteiger partial charge in [-0.15, -0.1) is 0 Å². The molecule has 0 saturated carbocycles. The molecular weight excluding hydrogens is 224 g/mol. The minimum Gasteiger partial charge on any atom is -0.457 e. The zero-order valence-corrected chi connectivity index (χ0v) is 7.26. The molecule has 0 aliphatic rings. The van der Waals surface area contributed by atoms with Gasteiger partial charge in [0.2, 0.25) is 3.79 Å². The van der Waals surface area contributed by atoms with Crippen LogP contribution in [-0.2, 0) is 9.53 Å². The van der Waals surface area contributed by atoms with E-state index in [0.717, 1.165) is 0 Å². The first-order valence-electron chi connectivity index (χ1n) is 2.34. The summed E-state index contributed by atoms with van der Waals surface area (Å²) in [6.07, 6.45) is -3.19. The van der Waals surface area contributed by atoms with Gasteiger partial charge in [0.1, 0.15) is 6.61 Å². The van der Waals surface area contributed by atoms with Crippen LogP contribution in [0.4, 0.5) is 8.78 Å². The van der Waals surface area contributed by atoms with E-state index in [1.165, 1.54) is 0 Å².